The van der Waals surface area contributed by atoms with Crippen LogP contribution in [0.4, 0.5) is 0 Å². The fraction of sp³-hybridized carbons (Fsp3) is 0. The molecule has 0 aromatic heterocycles. The first kappa shape index (κ1) is 10.5. The molecule has 0 aliphatic rings. The van der Waals surface area contributed by atoms with Gasteiger partial charge in [0.1, 0.15) is 0 Å². The molecule has 0 saturated carbocycles. The van der Waals surface area contributed by atoms with Gasteiger partial charge in [-0.05, 0) is 0 Å². The minimum Gasteiger partial charge on any atom is 0 e. The summed E-state index contributed by atoms with van der Waals surface area (Å²) in [5, 5.41) is -2.11. The van der Waals surface area contributed by atoms with Crippen LogP contribution in [0.3, 0.4) is 0 Å². The van der Waals surface area contributed by atoms with Crippen LogP contribution >= 0.6 is 14.6 Å². The first-order chi connectivity index (χ1) is 2.27. The quantitative estimate of drug-likeness (QED) is 0.477. The van der Waals surface area contributed by atoms with Gasteiger partial charge in [0.15, 0.2) is 0 Å². The van der Waals surface area contributed by atoms with E-state index in [4.69, 9.17) is 0 Å². The van der Waals surface area contributed by atoms with Crippen LogP contribution in [0.2, 0.25) is 0 Å². The molecule has 0 heterocycles. The van der Waals surface area contributed by atoms with Crippen LogP contribution in [0, 0.1) is 0 Å². The van der Waals surface area contributed by atoms with Crippen LogP contribution in [-0.4, -0.2) is 37.5 Å². The van der Waals surface area contributed by atoms with Gasteiger partial charge in [0.2, 0.25) is 0 Å². The zero-order chi connectivity index (χ0) is 4.28. The Morgan fingerprint density at radius 1 is 1.50 bits per heavy atom. The summed E-state index contributed by atoms with van der Waals surface area (Å²) in [7, 11) is 4.25. The average molecular weight is 221 g/mol. The van der Waals surface area contributed by atoms with Gasteiger partial charge in [0.05, 0.1) is 0 Å². The van der Waals surface area contributed by atoms with Gasteiger partial charge in [-0.25, -0.2) is 0 Å². The monoisotopic (exact) mass is 222 g/mol. The number of hydrogen-bond donors (Lipinski definition) is 0. The maximum absolute atomic E-state index is 9.38. The Hall–Kier alpha value is 1.52. The van der Waals surface area contributed by atoms with Gasteiger partial charge >= 0.3 is 42.4 Å². The van der Waals surface area contributed by atoms with E-state index in [0.717, 1.165) is 0 Å². The number of rotatable bonds is 1. The molecule has 6 heavy (non-hydrogen) atoms. The molecule has 0 aromatic rings. The first-order valence-electron chi connectivity index (χ1n) is 0.793. The molecule has 0 aliphatic carbocycles. The zero-order valence-electron chi connectivity index (χ0n) is 3.17. The van der Waals surface area contributed by atoms with Crippen LogP contribution in [0.1, 0.15) is 0 Å². The van der Waals surface area contributed by atoms with Gasteiger partial charge in [-0.2, -0.15) is 0 Å². The molecule has 0 amide bonds. The molecule has 2 nitrogen and oxygen atoms in total. The normalized spacial score (nSPS) is 5.33. The summed E-state index contributed by atoms with van der Waals surface area (Å²) in [5.74, 6) is 0. The Kier molecular flexibility index (Phi) is 11.4. The average Bonchev–Trinajstić information content (AvgIpc) is 1.38. The second kappa shape index (κ2) is 6.52. The summed E-state index contributed by atoms with van der Waals surface area (Å²) in [4.78, 5) is 0. The third-order valence-corrected chi connectivity index (χ3v) is 4.50. The van der Waals surface area contributed by atoms with Crippen LogP contribution in [0.5, 0.6) is 0 Å². The molecule has 0 spiro atoms. The fourth-order valence-corrected chi connectivity index (χ4v) is 0. The second-order valence-electron chi connectivity index (χ2n) is 0.348. The Labute approximate surface area is 60.8 Å². The SMILES string of the molecule is O=[P](=O)[Sn]=[S].[Li]. The van der Waals surface area contributed by atoms with Crippen molar-refractivity contribution < 1.29 is 9.13 Å². The predicted octanol–water partition coefficient (Wildman–Crippen LogP) is 0.510. The third-order valence-electron chi connectivity index (χ3n) is 0.0745. The van der Waals surface area contributed by atoms with Crippen molar-refractivity contribution in [3.8, 4) is 0 Å². The van der Waals surface area contributed by atoms with E-state index in [1.807, 2.05) is 0 Å². The molecule has 0 unspecified atom stereocenters. The molecule has 0 bridgehead atoms. The Bertz CT molecular complexity index is 89.7. The molecule has 2 radical (unpaired) electrons. The van der Waals surface area contributed by atoms with Crippen molar-refractivity contribution in [2.45, 2.75) is 0 Å². The second-order valence-corrected chi connectivity index (χ2v) is 9.41. The van der Waals surface area contributed by atoms with Crippen molar-refractivity contribution >= 4 is 52.1 Å². The molecule has 28 valence electrons. The summed E-state index contributed by atoms with van der Waals surface area (Å²) in [6, 6.07) is 0. The summed E-state index contributed by atoms with van der Waals surface area (Å²) < 4.78 is 18.8. The molecule has 0 fully saturated rings. The van der Waals surface area contributed by atoms with Gasteiger partial charge < -0.3 is 0 Å². The van der Waals surface area contributed by atoms with Crippen molar-refractivity contribution in [3.05, 3.63) is 0 Å². The summed E-state index contributed by atoms with van der Waals surface area (Å²) >= 11 is -1.33. The van der Waals surface area contributed by atoms with Crippen molar-refractivity contribution in [3.63, 3.8) is 0 Å². The van der Waals surface area contributed by atoms with Crippen LogP contribution in [0.15, 0.2) is 0 Å². The molecule has 0 atom stereocenters. The van der Waals surface area contributed by atoms with Crippen molar-refractivity contribution in [2.24, 2.45) is 0 Å². The van der Waals surface area contributed by atoms with Gasteiger partial charge in [-0.1, -0.05) is 0 Å². The molecule has 0 aliphatic heterocycles. The standard InChI is InChI=1S/Li.O2P.S.Sn/c;1-3-2;;. The molecule has 6 heteroatoms. The van der Waals surface area contributed by atoms with Crippen molar-refractivity contribution in [1.82, 2.24) is 0 Å². The largest absolute Gasteiger partial charge is 0 e. The first-order valence-corrected chi connectivity index (χ1v) is 9.70. The number of hydrogen-bond acceptors (Lipinski definition) is 3. The molecule has 0 N–H and O–H groups in total. The van der Waals surface area contributed by atoms with Crippen molar-refractivity contribution in [1.29, 1.82) is 0 Å². The Morgan fingerprint density at radius 2 is 1.67 bits per heavy atom. The van der Waals surface area contributed by atoms with Gasteiger partial charge in [-0.15, -0.1) is 0 Å². The Balaban J connectivity index is 0. The van der Waals surface area contributed by atoms with Crippen LogP contribution in [-0.2, 0) is 9.13 Å². The molecule has 0 saturated heterocycles. The van der Waals surface area contributed by atoms with E-state index in [2.05, 4.69) is 9.29 Å². The maximum atomic E-state index is 9.38. The van der Waals surface area contributed by atoms with E-state index in [-0.39, 0.29) is 18.9 Å². The molecular formula is LiO2PSSn. The molecule has 0 rings (SSSR count). The zero-order valence-corrected chi connectivity index (χ0v) is 7.74. The minimum atomic E-state index is -2.11. The summed E-state index contributed by atoms with van der Waals surface area (Å²) in [5.41, 5.74) is 0. The van der Waals surface area contributed by atoms with Crippen LogP contribution in [0.25, 0.3) is 0 Å². The van der Waals surface area contributed by atoms with E-state index in [9.17, 15) is 9.13 Å². The van der Waals surface area contributed by atoms with Crippen LogP contribution < -0.4 is 0 Å². The van der Waals surface area contributed by atoms with E-state index < -0.39 is 24.0 Å². The van der Waals surface area contributed by atoms with E-state index in [0.29, 0.717) is 0 Å². The van der Waals surface area contributed by atoms with Crippen molar-refractivity contribution in [2.75, 3.05) is 0 Å². The summed E-state index contributed by atoms with van der Waals surface area (Å²) in [6.45, 7) is 0. The van der Waals surface area contributed by atoms with E-state index >= 15 is 0 Å². The molecule has 0 aromatic carbocycles. The smallest absolute Gasteiger partial charge is 0 e. The topological polar surface area (TPSA) is 34.1 Å². The maximum Gasteiger partial charge on any atom is 0 e. The molecular weight excluding hydrogens is 221 g/mol. The van der Waals surface area contributed by atoms with Gasteiger partial charge in [0, 0.05) is 18.9 Å². The Morgan fingerprint density at radius 3 is 1.67 bits per heavy atom. The van der Waals surface area contributed by atoms with E-state index in [1.54, 1.807) is 0 Å². The third kappa shape index (κ3) is 9.10. The van der Waals surface area contributed by atoms with E-state index in [1.165, 1.54) is 0 Å². The predicted molar refractivity (Wildman–Crippen MR) is 27.4 cm³/mol. The van der Waals surface area contributed by atoms with Gasteiger partial charge in [-0.3, -0.25) is 0 Å². The minimum absolute atomic E-state index is 0. The fourth-order valence-electron chi connectivity index (χ4n) is 0. The van der Waals surface area contributed by atoms with Gasteiger partial charge in [0.25, 0.3) is 0 Å². The summed E-state index contributed by atoms with van der Waals surface area (Å²) in [6.07, 6.45) is 0.